The number of likely N-dealkylation sites (tertiary alicyclic amines) is 2. The number of aryl methyl sites for hydroxylation is 1. The van der Waals surface area contributed by atoms with Crippen molar-refractivity contribution >= 4 is 6.09 Å². The topological polar surface area (TPSA) is 70.8 Å². The molecule has 0 aromatic carbocycles. The summed E-state index contributed by atoms with van der Waals surface area (Å²) in [5, 5.41) is 13.9. The van der Waals surface area contributed by atoms with E-state index in [-0.39, 0.29) is 51.5 Å². The summed E-state index contributed by atoms with van der Waals surface area (Å²) in [6.07, 6.45) is -9.93. The first-order valence-electron chi connectivity index (χ1n) is 12.3. The Labute approximate surface area is 205 Å². The van der Waals surface area contributed by atoms with E-state index in [2.05, 4.69) is 5.10 Å². The minimum Gasteiger partial charge on any atom is -0.465 e. The van der Waals surface area contributed by atoms with Crippen LogP contribution in [0.2, 0.25) is 0 Å². The molecule has 3 fully saturated rings. The molecule has 1 unspecified atom stereocenters. The predicted molar refractivity (Wildman–Crippen MR) is 116 cm³/mol. The lowest BCUT2D eigenvalue weighted by molar-refractivity contribution is -0.298. The fourth-order valence-electron chi connectivity index (χ4n) is 6.08. The first-order valence-corrected chi connectivity index (χ1v) is 12.3. The molecule has 204 valence electrons. The van der Waals surface area contributed by atoms with Gasteiger partial charge >= 0.3 is 18.4 Å². The summed E-state index contributed by atoms with van der Waals surface area (Å²) in [5.41, 5.74) is 0.537. The molecule has 0 radical (unpaired) electrons. The molecule has 13 heteroatoms. The number of aromatic nitrogens is 2. The zero-order valence-corrected chi connectivity index (χ0v) is 20.1. The zero-order valence-electron chi connectivity index (χ0n) is 20.1. The number of halogens is 6. The Morgan fingerprint density at radius 1 is 1.17 bits per heavy atom. The molecule has 1 aromatic heterocycles. The maximum atomic E-state index is 13.9. The maximum absolute atomic E-state index is 13.9. The van der Waals surface area contributed by atoms with E-state index in [4.69, 9.17) is 4.74 Å². The summed E-state index contributed by atoms with van der Waals surface area (Å²) in [7, 11) is 0. The highest BCUT2D eigenvalue weighted by molar-refractivity contribution is 5.65. The highest BCUT2D eigenvalue weighted by Crippen LogP contribution is 2.52. The van der Waals surface area contributed by atoms with Crippen LogP contribution in [0.15, 0.2) is 6.07 Å². The Hall–Kier alpha value is -2.02. The van der Waals surface area contributed by atoms with Crippen molar-refractivity contribution in [2.24, 2.45) is 11.3 Å². The number of hydrogen-bond acceptors (Lipinski definition) is 4. The molecule has 0 aliphatic carbocycles. The fraction of sp³-hybridized carbons (Fsp3) is 0.826. The van der Waals surface area contributed by atoms with Crippen LogP contribution in [0, 0.1) is 11.3 Å². The van der Waals surface area contributed by atoms with E-state index in [0.29, 0.717) is 38.2 Å². The Balaban J connectivity index is 1.66. The van der Waals surface area contributed by atoms with Gasteiger partial charge in [-0.1, -0.05) is 6.92 Å². The van der Waals surface area contributed by atoms with Gasteiger partial charge in [0, 0.05) is 45.4 Å². The Morgan fingerprint density at radius 3 is 2.31 bits per heavy atom. The molecule has 1 spiro atoms. The van der Waals surface area contributed by atoms with Crippen LogP contribution in [0.4, 0.5) is 31.1 Å². The van der Waals surface area contributed by atoms with Crippen molar-refractivity contribution in [3.8, 4) is 0 Å². The number of hydrogen-bond donors (Lipinski definition) is 1. The normalized spacial score (nSPS) is 24.2. The van der Waals surface area contributed by atoms with Crippen molar-refractivity contribution in [3.05, 3.63) is 17.5 Å². The zero-order chi connectivity index (χ0) is 26.3. The summed E-state index contributed by atoms with van der Waals surface area (Å²) in [6, 6.07) is -0.0332. The van der Waals surface area contributed by atoms with E-state index >= 15 is 0 Å². The van der Waals surface area contributed by atoms with Crippen molar-refractivity contribution in [2.45, 2.75) is 76.4 Å². The second-order valence-corrected chi connectivity index (χ2v) is 10.3. The molecule has 3 saturated heterocycles. The largest absolute Gasteiger partial charge is 0.465 e. The minimum atomic E-state index is -5.45. The van der Waals surface area contributed by atoms with Gasteiger partial charge in [0.1, 0.15) is 0 Å². The average molecular weight is 527 g/mol. The standard InChI is InChI=1S/C23H32F6N4O3/c1-2-15-11-17(33(30-15)16-3-9-36-10-4-16)13-32-14-21(5-7-31(8-6-21)20(34)35)12-18(32)19(22(24,25)26)23(27,28)29/h11,16,18-19H,2-10,12-14H2,1H3,(H,34,35). The smallest absolute Gasteiger partial charge is 0.407 e. The number of carbonyl (C=O) groups is 1. The van der Waals surface area contributed by atoms with Crippen LogP contribution in [0.1, 0.15) is 56.5 Å². The van der Waals surface area contributed by atoms with Gasteiger partial charge in [0.15, 0.2) is 5.92 Å². The predicted octanol–water partition coefficient (Wildman–Crippen LogP) is 4.87. The number of carboxylic acid groups (broad SMARTS) is 1. The Bertz CT molecular complexity index is 906. The van der Waals surface area contributed by atoms with Gasteiger partial charge in [-0.25, -0.2) is 4.79 Å². The lowest BCUT2D eigenvalue weighted by Gasteiger charge is -2.38. The third kappa shape index (κ3) is 5.61. The number of rotatable bonds is 5. The summed E-state index contributed by atoms with van der Waals surface area (Å²) in [6.45, 7) is 3.09. The third-order valence-electron chi connectivity index (χ3n) is 7.96. The van der Waals surface area contributed by atoms with Gasteiger partial charge in [-0.15, -0.1) is 0 Å². The molecule has 3 aliphatic rings. The molecule has 4 rings (SSSR count). The van der Waals surface area contributed by atoms with Crippen molar-refractivity contribution in [3.63, 3.8) is 0 Å². The number of ether oxygens (including phenoxy) is 1. The number of nitrogens with zero attached hydrogens (tertiary/aromatic N) is 4. The quantitative estimate of drug-likeness (QED) is 0.555. The van der Waals surface area contributed by atoms with Crippen molar-refractivity contribution < 1.29 is 41.0 Å². The first kappa shape index (κ1) is 27.0. The van der Waals surface area contributed by atoms with Crippen LogP contribution in [0.5, 0.6) is 0 Å². The summed E-state index contributed by atoms with van der Waals surface area (Å²) < 4.78 is 90.4. The second-order valence-electron chi connectivity index (χ2n) is 10.3. The molecule has 1 atom stereocenters. The first-order chi connectivity index (χ1) is 16.8. The van der Waals surface area contributed by atoms with E-state index in [0.717, 1.165) is 5.69 Å². The molecular weight excluding hydrogens is 494 g/mol. The summed E-state index contributed by atoms with van der Waals surface area (Å²) in [5.74, 6) is -3.48. The maximum Gasteiger partial charge on any atom is 0.407 e. The Morgan fingerprint density at radius 2 is 1.78 bits per heavy atom. The molecule has 1 N–H and O–H groups in total. The van der Waals surface area contributed by atoms with E-state index in [1.54, 1.807) is 10.7 Å². The molecule has 1 amide bonds. The van der Waals surface area contributed by atoms with E-state index in [9.17, 15) is 36.2 Å². The van der Waals surface area contributed by atoms with Crippen LogP contribution >= 0.6 is 0 Å². The van der Waals surface area contributed by atoms with E-state index < -0.39 is 35.8 Å². The molecule has 4 heterocycles. The van der Waals surface area contributed by atoms with Gasteiger partial charge in [-0.05, 0) is 50.0 Å². The van der Waals surface area contributed by atoms with Crippen molar-refractivity contribution in [1.82, 2.24) is 19.6 Å². The van der Waals surface area contributed by atoms with Crippen molar-refractivity contribution in [1.29, 1.82) is 0 Å². The van der Waals surface area contributed by atoms with Gasteiger partial charge < -0.3 is 14.7 Å². The molecular formula is C23H32F6N4O3. The molecule has 1 aromatic rings. The van der Waals surface area contributed by atoms with Crippen LogP contribution in [0.25, 0.3) is 0 Å². The number of piperidine rings is 1. The molecule has 3 aliphatic heterocycles. The lowest BCUT2D eigenvalue weighted by atomic mass is 9.75. The molecule has 0 saturated carbocycles. The monoisotopic (exact) mass is 526 g/mol. The van der Waals surface area contributed by atoms with Gasteiger partial charge in [0.25, 0.3) is 0 Å². The lowest BCUT2D eigenvalue weighted by Crippen LogP contribution is -2.50. The van der Waals surface area contributed by atoms with Crippen LogP contribution in [0.3, 0.4) is 0 Å². The van der Waals surface area contributed by atoms with Crippen LogP contribution in [-0.2, 0) is 17.7 Å². The van der Waals surface area contributed by atoms with E-state index in [1.807, 2.05) is 6.92 Å². The molecule has 36 heavy (non-hydrogen) atoms. The van der Waals surface area contributed by atoms with Gasteiger partial charge in [-0.3, -0.25) is 9.58 Å². The molecule has 7 nitrogen and oxygen atoms in total. The van der Waals surface area contributed by atoms with Crippen LogP contribution < -0.4 is 0 Å². The van der Waals surface area contributed by atoms with E-state index in [1.165, 1.54) is 9.80 Å². The molecule has 0 bridgehead atoms. The van der Waals surface area contributed by atoms with Gasteiger partial charge in [0.05, 0.1) is 17.4 Å². The number of amides is 1. The van der Waals surface area contributed by atoms with Crippen molar-refractivity contribution in [2.75, 3.05) is 32.8 Å². The second kappa shape index (κ2) is 10.0. The highest BCUT2D eigenvalue weighted by atomic mass is 19.4. The minimum absolute atomic E-state index is 0.0242. The number of alkyl halides is 6. The fourth-order valence-corrected chi connectivity index (χ4v) is 6.08. The van der Waals surface area contributed by atoms with Crippen LogP contribution in [-0.4, -0.2) is 82.0 Å². The SMILES string of the molecule is CCc1cc(CN2CC3(CCN(C(=O)O)CC3)CC2C(C(F)(F)F)C(F)(F)F)n(C2CCOCC2)n1. The highest BCUT2D eigenvalue weighted by Gasteiger charge is 2.64. The van der Waals surface area contributed by atoms with Gasteiger partial charge in [-0.2, -0.15) is 31.4 Å². The third-order valence-corrected chi connectivity index (χ3v) is 7.96. The average Bonchev–Trinajstić information content (AvgIpc) is 3.34. The summed E-state index contributed by atoms with van der Waals surface area (Å²) >= 11 is 0. The summed E-state index contributed by atoms with van der Waals surface area (Å²) in [4.78, 5) is 13.8. The Kier molecular flexibility index (Phi) is 7.53. The van der Waals surface area contributed by atoms with Gasteiger partial charge in [0.2, 0.25) is 0 Å².